The summed E-state index contributed by atoms with van der Waals surface area (Å²) in [5.41, 5.74) is 1.79. The number of anilines is 2. The van der Waals surface area contributed by atoms with E-state index in [1.54, 1.807) is 18.2 Å². The second-order valence-corrected chi connectivity index (χ2v) is 8.97. The van der Waals surface area contributed by atoms with Crippen LogP contribution in [-0.2, 0) is 4.79 Å². The highest BCUT2D eigenvalue weighted by Crippen LogP contribution is 2.35. The van der Waals surface area contributed by atoms with E-state index >= 15 is 0 Å². The van der Waals surface area contributed by atoms with Crippen LogP contribution in [0.1, 0.15) is 49.4 Å². The molecule has 1 aromatic carbocycles. The smallest absolute Gasteiger partial charge is 0.256 e. The Labute approximate surface area is 182 Å². The zero-order valence-electron chi connectivity index (χ0n) is 18.2. The number of amides is 2. The van der Waals surface area contributed by atoms with E-state index in [9.17, 15) is 18.4 Å². The van der Waals surface area contributed by atoms with Gasteiger partial charge in [-0.3, -0.25) is 14.5 Å². The standard InChI is InChI=1S/C23H32F2N4O2/c1-2-9-27-12-14-29(15-13-27)22(31)19-6-5-18(26-21(30)17-3-4-17)16-20(19)28-10-7-23(24,25)8-11-28/h5-6,16-17H,2-4,7-15H2,1H3,(H,26,30). The summed E-state index contributed by atoms with van der Waals surface area (Å²) in [5, 5.41) is 2.92. The summed E-state index contributed by atoms with van der Waals surface area (Å²) in [4.78, 5) is 31.6. The molecule has 8 heteroatoms. The van der Waals surface area contributed by atoms with Crippen molar-refractivity contribution in [2.75, 3.05) is 56.0 Å². The Morgan fingerprint density at radius 1 is 1.06 bits per heavy atom. The van der Waals surface area contributed by atoms with Gasteiger partial charge in [-0.1, -0.05) is 6.92 Å². The first-order chi connectivity index (χ1) is 14.9. The van der Waals surface area contributed by atoms with E-state index in [0.717, 1.165) is 38.9 Å². The third kappa shape index (κ3) is 5.34. The molecule has 3 aliphatic rings. The first-order valence-corrected chi connectivity index (χ1v) is 11.5. The van der Waals surface area contributed by atoms with E-state index in [-0.39, 0.29) is 43.7 Å². The van der Waals surface area contributed by atoms with Crippen molar-refractivity contribution < 1.29 is 18.4 Å². The fraction of sp³-hybridized carbons (Fsp3) is 0.652. The normalized spacial score (nSPS) is 21.8. The maximum Gasteiger partial charge on any atom is 0.256 e. The first-order valence-electron chi connectivity index (χ1n) is 11.5. The van der Waals surface area contributed by atoms with Gasteiger partial charge in [-0.05, 0) is 44.0 Å². The van der Waals surface area contributed by atoms with Gasteiger partial charge in [0.25, 0.3) is 11.8 Å². The molecule has 1 aromatic rings. The molecule has 0 unspecified atom stereocenters. The van der Waals surface area contributed by atoms with Crippen molar-refractivity contribution in [3.05, 3.63) is 23.8 Å². The van der Waals surface area contributed by atoms with Gasteiger partial charge < -0.3 is 15.1 Å². The summed E-state index contributed by atoms with van der Waals surface area (Å²) in [5.74, 6) is -2.67. The molecule has 2 heterocycles. The zero-order valence-corrected chi connectivity index (χ0v) is 18.2. The molecule has 31 heavy (non-hydrogen) atoms. The number of benzene rings is 1. The number of alkyl halides is 2. The fourth-order valence-electron chi connectivity index (χ4n) is 4.38. The Hall–Kier alpha value is -2.22. The molecule has 1 saturated carbocycles. The van der Waals surface area contributed by atoms with Gasteiger partial charge in [-0.25, -0.2) is 8.78 Å². The van der Waals surface area contributed by atoms with Gasteiger partial charge in [0, 0.05) is 63.7 Å². The Morgan fingerprint density at radius 3 is 2.35 bits per heavy atom. The van der Waals surface area contributed by atoms with Crippen molar-refractivity contribution in [1.82, 2.24) is 9.80 Å². The van der Waals surface area contributed by atoms with Crippen LogP contribution >= 0.6 is 0 Å². The van der Waals surface area contributed by atoms with E-state index in [1.165, 1.54) is 0 Å². The number of nitrogens with zero attached hydrogens (tertiary/aromatic N) is 3. The first kappa shape index (κ1) is 22.0. The molecule has 170 valence electrons. The lowest BCUT2D eigenvalue weighted by Crippen LogP contribution is -2.49. The number of rotatable bonds is 6. The molecule has 2 aliphatic heterocycles. The second-order valence-electron chi connectivity index (χ2n) is 8.97. The lowest BCUT2D eigenvalue weighted by molar-refractivity contribution is -0.117. The predicted octanol–water partition coefficient (Wildman–Crippen LogP) is 3.44. The molecule has 0 spiro atoms. The molecular weight excluding hydrogens is 402 g/mol. The zero-order chi connectivity index (χ0) is 22.0. The summed E-state index contributed by atoms with van der Waals surface area (Å²) in [6.07, 6.45) is 2.44. The van der Waals surface area contributed by atoms with E-state index in [2.05, 4.69) is 17.1 Å². The van der Waals surface area contributed by atoms with E-state index in [1.807, 2.05) is 9.80 Å². The minimum Gasteiger partial charge on any atom is -0.370 e. The van der Waals surface area contributed by atoms with Crippen LogP contribution in [0.2, 0.25) is 0 Å². The Balaban J connectivity index is 1.54. The molecule has 2 saturated heterocycles. The van der Waals surface area contributed by atoms with Crippen LogP contribution in [0.15, 0.2) is 18.2 Å². The lowest BCUT2D eigenvalue weighted by Gasteiger charge is -2.37. The highest BCUT2D eigenvalue weighted by molar-refractivity contribution is 6.02. The van der Waals surface area contributed by atoms with Gasteiger partial charge in [-0.2, -0.15) is 0 Å². The highest BCUT2D eigenvalue weighted by atomic mass is 19.3. The molecule has 2 amide bonds. The van der Waals surface area contributed by atoms with E-state index in [4.69, 9.17) is 0 Å². The SMILES string of the molecule is CCCN1CCN(C(=O)c2ccc(NC(=O)C3CC3)cc2N2CCC(F)(F)CC2)CC1. The topological polar surface area (TPSA) is 55.9 Å². The Morgan fingerprint density at radius 2 is 1.74 bits per heavy atom. The summed E-state index contributed by atoms with van der Waals surface area (Å²) >= 11 is 0. The molecule has 4 rings (SSSR count). The average Bonchev–Trinajstić information content (AvgIpc) is 3.60. The molecule has 1 aliphatic carbocycles. The van der Waals surface area contributed by atoms with Crippen LogP contribution < -0.4 is 10.2 Å². The lowest BCUT2D eigenvalue weighted by atomic mass is 10.0. The van der Waals surface area contributed by atoms with Crippen LogP contribution in [0, 0.1) is 5.92 Å². The van der Waals surface area contributed by atoms with Crippen LogP contribution in [0.5, 0.6) is 0 Å². The number of piperazine rings is 1. The Kier molecular flexibility index (Phi) is 6.46. The molecule has 0 radical (unpaired) electrons. The third-order valence-electron chi connectivity index (χ3n) is 6.48. The summed E-state index contributed by atoms with van der Waals surface area (Å²) in [7, 11) is 0. The van der Waals surface area contributed by atoms with Crippen molar-refractivity contribution in [2.24, 2.45) is 5.92 Å². The summed E-state index contributed by atoms with van der Waals surface area (Å²) < 4.78 is 27.5. The molecule has 0 bridgehead atoms. The highest BCUT2D eigenvalue weighted by Gasteiger charge is 2.36. The average molecular weight is 435 g/mol. The van der Waals surface area contributed by atoms with Gasteiger partial charge in [0.15, 0.2) is 0 Å². The predicted molar refractivity (Wildman–Crippen MR) is 117 cm³/mol. The van der Waals surface area contributed by atoms with E-state index < -0.39 is 5.92 Å². The molecule has 0 aromatic heterocycles. The maximum absolute atomic E-state index is 13.7. The minimum absolute atomic E-state index is 0.0118. The van der Waals surface area contributed by atoms with Crippen LogP contribution in [0.25, 0.3) is 0 Å². The van der Waals surface area contributed by atoms with Gasteiger partial charge in [0.1, 0.15) is 0 Å². The largest absolute Gasteiger partial charge is 0.370 e. The van der Waals surface area contributed by atoms with Crippen LogP contribution in [-0.4, -0.2) is 73.4 Å². The molecule has 1 N–H and O–H groups in total. The number of nitrogens with one attached hydrogen (secondary N) is 1. The van der Waals surface area contributed by atoms with Crippen molar-refractivity contribution >= 4 is 23.2 Å². The van der Waals surface area contributed by atoms with Crippen LogP contribution in [0.3, 0.4) is 0 Å². The fourth-order valence-corrected chi connectivity index (χ4v) is 4.38. The third-order valence-corrected chi connectivity index (χ3v) is 6.48. The minimum atomic E-state index is -2.66. The van der Waals surface area contributed by atoms with Crippen molar-refractivity contribution in [1.29, 1.82) is 0 Å². The second kappa shape index (κ2) is 9.10. The quantitative estimate of drug-likeness (QED) is 0.745. The molecule has 3 fully saturated rings. The number of piperidine rings is 1. The molecular formula is C23H32F2N4O2. The Bertz CT molecular complexity index is 810. The monoisotopic (exact) mass is 434 g/mol. The number of carbonyl (C=O) groups is 2. The maximum atomic E-state index is 13.7. The number of carbonyl (C=O) groups excluding carboxylic acids is 2. The van der Waals surface area contributed by atoms with Crippen molar-refractivity contribution in [2.45, 2.75) is 45.0 Å². The summed E-state index contributed by atoms with van der Waals surface area (Å²) in [6, 6.07) is 5.28. The van der Waals surface area contributed by atoms with Crippen LogP contribution in [0.4, 0.5) is 20.2 Å². The molecule has 6 nitrogen and oxygen atoms in total. The molecule has 0 atom stereocenters. The van der Waals surface area contributed by atoms with Gasteiger partial charge >= 0.3 is 0 Å². The number of hydrogen-bond donors (Lipinski definition) is 1. The van der Waals surface area contributed by atoms with E-state index in [0.29, 0.717) is 30.0 Å². The van der Waals surface area contributed by atoms with Crippen molar-refractivity contribution in [3.63, 3.8) is 0 Å². The van der Waals surface area contributed by atoms with Gasteiger partial charge in [-0.15, -0.1) is 0 Å². The number of hydrogen-bond acceptors (Lipinski definition) is 4. The number of halogens is 2. The van der Waals surface area contributed by atoms with Gasteiger partial charge in [0.05, 0.1) is 11.3 Å². The van der Waals surface area contributed by atoms with Gasteiger partial charge in [0.2, 0.25) is 5.91 Å². The van der Waals surface area contributed by atoms with Crippen molar-refractivity contribution in [3.8, 4) is 0 Å². The summed E-state index contributed by atoms with van der Waals surface area (Å²) in [6.45, 7) is 6.59.